The predicted octanol–water partition coefficient (Wildman–Crippen LogP) is 1.22. The topological polar surface area (TPSA) is 144 Å². The van der Waals surface area contributed by atoms with E-state index in [4.69, 9.17) is 4.42 Å². The molecule has 2 aromatic rings. The molecule has 0 radical (unpaired) electrons. The monoisotopic (exact) mass is 530 g/mol. The van der Waals surface area contributed by atoms with E-state index in [0.29, 0.717) is 16.7 Å². The number of likely N-dealkylation sites (tertiary alicyclic amines) is 1. The molecule has 4 heterocycles. The van der Waals surface area contributed by atoms with Gasteiger partial charge in [-0.2, -0.15) is 9.04 Å². The van der Waals surface area contributed by atoms with Crippen molar-refractivity contribution in [2.75, 3.05) is 13.1 Å². The van der Waals surface area contributed by atoms with Crippen molar-refractivity contribution < 1.29 is 31.9 Å². The summed E-state index contributed by atoms with van der Waals surface area (Å²) < 4.78 is 33.0. The third-order valence-electron chi connectivity index (χ3n) is 7.70. The van der Waals surface area contributed by atoms with Gasteiger partial charge in [-0.15, -0.1) is 0 Å². The molecule has 2 amide bonds. The Morgan fingerprint density at radius 2 is 1.97 bits per heavy atom. The van der Waals surface area contributed by atoms with Gasteiger partial charge in [0.25, 0.3) is 5.91 Å². The Bertz CT molecular complexity index is 1270. The minimum atomic E-state index is -4.12. The lowest BCUT2D eigenvalue weighted by atomic mass is 9.84. The van der Waals surface area contributed by atoms with Crippen LogP contribution in [0.4, 0.5) is 0 Å². The zero-order chi connectivity index (χ0) is 26.2. The first-order valence-corrected chi connectivity index (χ1v) is 14.1. The first-order chi connectivity index (χ1) is 17.8. The van der Waals surface area contributed by atoms with Gasteiger partial charge in [0, 0.05) is 12.6 Å². The van der Waals surface area contributed by atoms with E-state index in [2.05, 4.69) is 5.32 Å². The molecule has 0 spiro atoms. The number of fused-ring (bicyclic) bond motifs is 1. The van der Waals surface area contributed by atoms with Crippen LogP contribution in [0.25, 0.3) is 0 Å². The number of carbonyl (C=O) groups is 3. The highest BCUT2D eigenvalue weighted by atomic mass is 32.2. The molecule has 0 aromatic carbocycles. The smallest absolute Gasteiger partial charge is 0.255 e. The summed E-state index contributed by atoms with van der Waals surface area (Å²) in [5.41, 5.74) is 0.299. The van der Waals surface area contributed by atoms with Crippen LogP contribution in [0.3, 0.4) is 0 Å². The van der Waals surface area contributed by atoms with Gasteiger partial charge in [0.15, 0.2) is 18.2 Å². The van der Waals surface area contributed by atoms with E-state index in [0.717, 1.165) is 42.6 Å². The summed E-state index contributed by atoms with van der Waals surface area (Å²) in [6, 6.07) is 1.67. The molecule has 12 heteroatoms. The van der Waals surface area contributed by atoms with Crippen molar-refractivity contribution in [1.82, 2.24) is 14.5 Å². The first-order valence-electron chi connectivity index (χ1n) is 12.6. The molecular weight excluding hydrogens is 500 g/mol. The highest BCUT2D eigenvalue weighted by Gasteiger charge is 2.54. The van der Waals surface area contributed by atoms with Crippen LogP contribution in [0.2, 0.25) is 0 Å². The van der Waals surface area contributed by atoms with Crippen molar-refractivity contribution in [2.24, 2.45) is 5.92 Å². The SMILES string of the molecule is O=C(NC(CC1CCCCC1)C(=O)N1CCC2C1C(=O)CN2S(=O)(=O)c1ccc[n+]([O-])c1)c1ccoc1. The molecule has 3 fully saturated rings. The molecule has 37 heavy (non-hydrogen) atoms. The first kappa shape index (κ1) is 25.4. The quantitative estimate of drug-likeness (QED) is 0.419. The van der Waals surface area contributed by atoms with E-state index < -0.39 is 34.1 Å². The molecule has 11 nitrogen and oxygen atoms in total. The van der Waals surface area contributed by atoms with E-state index in [9.17, 15) is 28.0 Å². The molecule has 3 unspecified atom stereocenters. The van der Waals surface area contributed by atoms with E-state index >= 15 is 0 Å². The summed E-state index contributed by atoms with van der Waals surface area (Å²) in [5, 5.41) is 14.5. The summed E-state index contributed by atoms with van der Waals surface area (Å²) >= 11 is 0. The van der Waals surface area contributed by atoms with E-state index in [1.165, 1.54) is 41.8 Å². The van der Waals surface area contributed by atoms with Gasteiger partial charge in [-0.3, -0.25) is 14.4 Å². The normalized spacial score (nSPS) is 23.7. The van der Waals surface area contributed by atoms with Gasteiger partial charge < -0.3 is 19.8 Å². The maximum atomic E-state index is 13.8. The molecule has 3 aliphatic rings. The molecule has 2 aromatic heterocycles. The number of hydrogen-bond donors (Lipinski definition) is 1. The van der Waals surface area contributed by atoms with Crippen LogP contribution in [0.1, 0.15) is 55.3 Å². The number of aromatic nitrogens is 1. The summed E-state index contributed by atoms with van der Waals surface area (Å²) in [7, 11) is -4.12. The third-order valence-corrected chi connectivity index (χ3v) is 9.55. The third kappa shape index (κ3) is 4.99. The summed E-state index contributed by atoms with van der Waals surface area (Å²) in [6.07, 6.45) is 10.8. The predicted molar refractivity (Wildman–Crippen MR) is 129 cm³/mol. The highest BCUT2D eigenvalue weighted by Crippen LogP contribution is 2.35. The number of furan rings is 1. The number of hydrogen-bond acceptors (Lipinski definition) is 7. The number of ketones is 1. The number of pyridine rings is 1. The number of carbonyl (C=O) groups excluding carboxylic acids is 3. The molecule has 1 aliphatic carbocycles. The summed E-state index contributed by atoms with van der Waals surface area (Å²) in [4.78, 5) is 40.9. The van der Waals surface area contributed by atoms with Crippen molar-refractivity contribution in [3.05, 3.63) is 53.9 Å². The fourth-order valence-electron chi connectivity index (χ4n) is 5.88. The molecule has 198 valence electrons. The Hall–Kier alpha value is -3.25. The maximum Gasteiger partial charge on any atom is 0.255 e. The Morgan fingerprint density at radius 1 is 1.19 bits per heavy atom. The molecular formula is C25H30N4O7S. The number of rotatable bonds is 7. The van der Waals surface area contributed by atoms with Crippen molar-refractivity contribution in [3.8, 4) is 0 Å². The van der Waals surface area contributed by atoms with Gasteiger partial charge in [-0.1, -0.05) is 32.1 Å². The van der Waals surface area contributed by atoms with E-state index in [1.54, 1.807) is 0 Å². The van der Waals surface area contributed by atoms with Crippen LogP contribution in [0, 0.1) is 11.1 Å². The van der Waals surface area contributed by atoms with Gasteiger partial charge in [0.2, 0.25) is 15.9 Å². The number of nitrogens with one attached hydrogen (secondary N) is 1. The van der Waals surface area contributed by atoms with Gasteiger partial charge in [-0.25, -0.2) is 8.42 Å². The summed E-state index contributed by atoms with van der Waals surface area (Å²) in [6.45, 7) is -0.172. The Balaban J connectivity index is 1.37. The average Bonchev–Trinajstić information content (AvgIpc) is 3.63. The van der Waals surface area contributed by atoms with Crippen molar-refractivity contribution in [3.63, 3.8) is 0 Å². The second-order valence-electron chi connectivity index (χ2n) is 10.0. The Kier molecular flexibility index (Phi) is 7.04. The van der Waals surface area contributed by atoms with Crippen LogP contribution in [-0.2, 0) is 19.6 Å². The van der Waals surface area contributed by atoms with Crippen LogP contribution < -0.4 is 10.0 Å². The fourth-order valence-corrected chi connectivity index (χ4v) is 7.51. The van der Waals surface area contributed by atoms with Crippen LogP contribution in [0.15, 0.2) is 52.4 Å². The van der Waals surface area contributed by atoms with E-state index in [1.807, 2.05) is 0 Å². The second-order valence-corrected chi connectivity index (χ2v) is 11.9. The van der Waals surface area contributed by atoms with Gasteiger partial charge in [0.1, 0.15) is 23.2 Å². The van der Waals surface area contributed by atoms with Gasteiger partial charge in [-0.05, 0) is 30.9 Å². The maximum absolute atomic E-state index is 13.8. The standard InChI is InChI=1S/C25H30N4O7S/c30-22-15-29(37(34,35)19-7-4-10-27(33)14-19)21-8-11-28(23(21)22)25(32)20(13-17-5-2-1-3-6-17)26-24(31)18-9-12-36-16-18/h4,7,9-10,12,14,16-17,20-21,23H,1-3,5-6,8,11,13,15H2,(H,26,31). The molecule has 5 rings (SSSR count). The lowest BCUT2D eigenvalue weighted by Crippen LogP contribution is -2.53. The molecule has 2 aliphatic heterocycles. The fraction of sp³-hybridized carbons (Fsp3) is 0.520. The minimum Gasteiger partial charge on any atom is -0.619 e. The number of Topliss-reactive ketones (excluding diaryl/α,β-unsaturated/α-hetero) is 1. The second kappa shape index (κ2) is 10.3. The van der Waals surface area contributed by atoms with E-state index in [-0.39, 0.29) is 42.0 Å². The van der Waals surface area contributed by atoms with Crippen LogP contribution in [0.5, 0.6) is 0 Å². The van der Waals surface area contributed by atoms with Crippen molar-refractivity contribution >= 4 is 27.6 Å². The average molecular weight is 531 g/mol. The Labute approximate surface area is 215 Å². The van der Waals surface area contributed by atoms with Crippen molar-refractivity contribution in [2.45, 2.75) is 68.0 Å². The van der Waals surface area contributed by atoms with Crippen LogP contribution >= 0.6 is 0 Å². The van der Waals surface area contributed by atoms with Gasteiger partial charge >= 0.3 is 0 Å². The van der Waals surface area contributed by atoms with Crippen LogP contribution in [-0.4, -0.2) is 66.4 Å². The Morgan fingerprint density at radius 3 is 2.68 bits per heavy atom. The zero-order valence-corrected chi connectivity index (χ0v) is 21.1. The number of nitrogens with zero attached hydrogens (tertiary/aromatic N) is 3. The van der Waals surface area contributed by atoms with Gasteiger partial charge in [0.05, 0.1) is 24.4 Å². The molecule has 3 atom stereocenters. The summed E-state index contributed by atoms with van der Waals surface area (Å²) in [5.74, 6) is -0.906. The lowest BCUT2D eigenvalue weighted by Gasteiger charge is -2.31. The van der Waals surface area contributed by atoms with Crippen molar-refractivity contribution in [1.29, 1.82) is 0 Å². The number of amides is 2. The molecule has 1 saturated carbocycles. The molecule has 2 saturated heterocycles. The number of sulfonamides is 1. The highest BCUT2D eigenvalue weighted by molar-refractivity contribution is 7.89. The zero-order valence-electron chi connectivity index (χ0n) is 20.3. The molecule has 0 bridgehead atoms. The lowest BCUT2D eigenvalue weighted by molar-refractivity contribution is -0.607. The minimum absolute atomic E-state index is 0.199. The molecule has 1 N–H and O–H groups in total. The largest absolute Gasteiger partial charge is 0.619 e.